The fourth-order valence-corrected chi connectivity index (χ4v) is 4.79. The van der Waals surface area contributed by atoms with E-state index in [1.165, 1.54) is 6.07 Å². The molecule has 1 aromatic heterocycles. The number of nitrogens with zero attached hydrogens (tertiary/aromatic N) is 1. The van der Waals surface area contributed by atoms with Crippen LogP contribution in [0.4, 0.5) is 0 Å². The molecule has 0 amide bonds. The molecule has 7 nitrogen and oxygen atoms in total. The van der Waals surface area contributed by atoms with Gasteiger partial charge in [-0.05, 0) is 50.3 Å². The van der Waals surface area contributed by atoms with Crippen LogP contribution in [0.2, 0.25) is 0 Å². The first-order valence-electron chi connectivity index (χ1n) is 9.51. The van der Waals surface area contributed by atoms with Gasteiger partial charge < -0.3 is 14.2 Å². The van der Waals surface area contributed by atoms with Crippen LogP contribution in [0.15, 0.2) is 41.4 Å². The summed E-state index contributed by atoms with van der Waals surface area (Å²) in [6.45, 7) is 2.88. The van der Waals surface area contributed by atoms with Crippen molar-refractivity contribution in [3.05, 3.63) is 42.1 Å². The van der Waals surface area contributed by atoms with E-state index in [1.54, 1.807) is 18.3 Å². The zero-order valence-corrected chi connectivity index (χ0v) is 16.6. The largest absolute Gasteiger partial charge is 0.486 e. The van der Waals surface area contributed by atoms with Crippen molar-refractivity contribution in [2.75, 3.05) is 13.2 Å². The van der Waals surface area contributed by atoms with Crippen LogP contribution < -0.4 is 18.9 Å². The summed E-state index contributed by atoms with van der Waals surface area (Å²) in [6.07, 6.45) is 4.85. The SMILES string of the molecule is Cc1ccc(OC2CCC(NS(=O)(=O)c3ccc4c(c3)OCCO4)CC2)nc1. The zero-order chi connectivity index (χ0) is 19.6. The van der Waals surface area contributed by atoms with E-state index in [0.717, 1.165) is 31.2 Å². The number of aromatic nitrogens is 1. The van der Waals surface area contributed by atoms with Gasteiger partial charge in [-0.3, -0.25) is 0 Å². The van der Waals surface area contributed by atoms with Crippen LogP contribution in [0.5, 0.6) is 17.4 Å². The molecule has 28 heavy (non-hydrogen) atoms. The lowest BCUT2D eigenvalue weighted by Crippen LogP contribution is -2.39. The van der Waals surface area contributed by atoms with Crippen molar-refractivity contribution in [2.24, 2.45) is 0 Å². The summed E-state index contributed by atoms with van der Waals surface area (Å²) in [7, 11) is -3.61. The molecular formula is C20H24N2O5S. The van der Waals surface area contributed by atoms with E-state index in [0.29, 0.717) is 30.6 Å². The lowest BCUT2D eigenvalue weighted by molar-refractivity contribution is 0.138. The van der Waals surface area contributed by atoms with Crippen LogP contribution in [0.3, 0.4) is 0 Å². The fraction of sp³-hybridized carbons (Fsp3) is 0.450. The Balaban J connectivity index is 1.34. The quantitative estimate of drug-likeness (QED) is 0.825. The molecule has 0 bridgehead atoms. The summed E-state index contributed by atoms with van der Waals surface area (Å²) in [5, 5.41) is 0. The average Bonchev–Trinajstić information content (AvgIpc) is 2.70. The molecule has 4 rings (SSSR count). The number of pyridine rings is 1. The highest BCUT2D eigenvalue weighted by Gasteiger charge is 2.27. The maximum absolute atomic E-state index is 12.7. The van der Waals surface area contributed by atoms with Gasteiger partial charge in [0.15, 0.2) is 11.5 Å². The second-order valence-corrected chi connectivity index (χ2v) is 8.91. The van der Waals surface area contributed by atoms with E-state index < -0.39 is 10.0 Å². The lowest BCUT2D eigenvalue weighted by Gasteiger charge is -2.29. The van der Waals surface area contributed by atoms with E-state index >= 15 is 0 Å². The molecule has 1 saturated carbocycles. The van der Waals surface area contributed by atoms with Crippen LogP contribution in [-0.2, 0) is 10.0 Å². The molecule has 1 aromatic carbocycles. The van der Waals surface area contributed by atoms with Gasteiger partial charge in [0, 0.05) is 24.4 Å². The average molecular weight is 404 g/mol. The highest BCUT2D eigenvalue weighted by molar-refractivity contribution is 7.89. The number of aryl methyl sites for hydroxylation is 1. The minimum atomic E-state index is -3.61. The minimum Gasteiger partial charge on any atom is -0.486 e. The highest BCUT2D eigenvalue weighted by Crippen LogP contribution is 2.32. The molecule has 2 aromatic rings. The summed E-state index contributed by atoms with van der Waals surface area (Å²) in [5.41, 5.74) is 1.09. The standard InChI is InChI=1S/C20H24N2O5S/c1-14-2-9-20(21-13-14)27-16-5-3-15(4-6-16)22-28(23,24)17-7-8-18-19(12-17)26-11-10-25-18/h2,7-9,12-13,15-16,22H,3-6,10-11H2,1H3. The number of hydrogen-bond donors (Lipinski definition) is 1. The lowest BCUT2D eigenvalue weighted by atomic mass is 9.94. The van der Waals surface area contributed by atoms with E-state index in [1.807, 2.05) is 19.1 Å². The minimum absolute atomic E-state index is 0.0604. The molecular weight excluding hydrogens is 380 g/mol. The summed E-state index contributed by atoms with van der Waals surface area (Å²) >= 11 is 0. The van der Waals surface area contributed by atoms with Gasteiger partial charge in [0.2, 0.25) is 15.9 Å². The van der Waals surface area contributed by atoms with Gasteiger partial charge in [-0.25, -0.2) is 18.1 Å². The molecule has 0 unspecified atom stereocenters. The van der Waals surface area contributed by atoms with E-state index in [2.05, 4.69) is 9.71 Å². The molecule has 0 atom stereocenters. The van der Waals surface area contributed by atoms with Gasteiger partial charge in [0.25, 0.3) is 0 Å². The predicted molar refractivity (Wildman–Crippen MR) is 103 cm³/mol. The van der Waals surface area contributed by atoms with Gasteiger partial charge in [-0.15, -0.1) is 0 Å². The first kappa shape index (κ1) is 19.0. The monoisotopic (exact) mass is 404 g/mol. The molecule has 0 radical (unpaired) electrons. The number of nitrogens with one attached hydrogen (secondary N) is 1. The molecule has 8 heteroatoms. The first-order chi connectivity index (χ1) is 13.5. The van der Waals surface area contributed by atoms with Crippen LogP contribution in [0.1, 0.15) is 31.2 Å². The van der Waals surface area contributed by atoms with Crippen molar-refractivity contribution in [3.8, 4) is 17.4 Å². The Morgan fingerprint density at radius 3 is 2.50 bits per heavy atom. The molecule has 1 N–H and O–H groups in total. The van der Waals surface area contributed by atoms with Gasteiger partial charge >= 0.3 is 0 Å². The number of fused-ring (bicyclic) bond motifs is 1. The Kier molecular flexibility index (Phi) is 5.41. The smallest absolute Gasteiger partial charge is 0.240 e. The summed E-state index contributed by atoms with van der Waals surface area (Å²) in [6, 6.07) is 8.44. The first-order valence-corrected chi connectivity index (χ1v) is 11.0. The van der Waals surface area contributed by atoms with Crippen LogP contribution in [-0.4, -0.2) is 38.8 Å². The normalized spacial score (nSPS) is 21.9. The summed E-state index contributed by atoms with van der Waals surface area (Å²) in [4.78, 5) is 4.46. The molecule has 0 saturated heterocycles. The second-order valence-electron chi connectivity index (χ2n) is 7.19. The van der Waals surface area contributed by atoms with Crippen molar-refractivity contribution in [3.63, 3.8) is 0 Å². The van der Waals surface area contributed by atoms with Gasteiger partial charge in [-0.2, -0.15) is 0 Å². The molecule has 1 fully saturated rings. The fourth-order valence-electron chi connectivity index (χ4n) is 3.47. The molecule has 2 aliphatic rings. The highest BCUT2D eigenvalue weighted by atomic mass is 32.2. The Bertz CT molecular complexity index is 922. The number of benzene rings is 1. The summed E-state index contributed by atoms with van der Waals surface area (Å²) < 4.78 is 45.2. The molecule has 2 heterocycles. The van der Waals surface area contributed by atoms with Crippen LogP contribution in [0.25, 0.3) is 0 Å². The number of sulfonamides is 1. The molecule has 1 aliphatic carbocycles. The third-order valence-electron chi connectivity index (χ3n) is 4.99. The Labute approximate surface area is 165 Å². The summed E-state index contributed by atoms with van der Waals surface area (Å²) in [5.74, 6) is 1.66. The van der Waals surface area contributed by atoms with E-state index in [4.69, 9.17) is 14.2 Å². The van der Waals surface area contributed by atoms with E-state index in [-0.39, 0.29) is 17.0 Å². The van der Waals surface area contributed by atoms with Crippen molar-refractivity contribution < 1.29 is 22.6 Å². The van der Waals surface area contributed by atoms with Crippen molar-refractivity contribution >= 4 is 10.0 Å². The topological polar surface area (TPSA) is 86.8 Å². The third-order valence-corrected chi connectivity index (χ3v) is 6.51. The maximum atomic E-state index is 12.7. The van der Waals surface area contributed by atoms with Crippen molar-refractivity contribution in [2.45, 2.75) is 49.6 Å². The predicted octanol–water partition coefficient (Wildman–Crippen LogP) is 2.83. The second kappa shape index (κ2) is 7.97. The Hall–Kier alpha value is -2.32. The molecule has 0 spiro atoms. The van der Waals surface area contributed by atoms with E-state index in [9.17, 15) is 8.42 Å². The zero-order valence-electron chi connectivity index (χ0n) is 15.8. The number of ether oxygens (including phenoxy) is 3. The van der Waals surface area contributed by atoms with Crippen LogP contribution in [0, 0.1) is 6.92 Å². The Morgan fingerprint density at radius 1 is 1.04 bits per heavy atom. The Morgan fingerprint density at radius 2 is 1.79 bits per heavy atom. The molecule has 1 aliphatic heterocycles. The van der Waals surface area contributed by atoms with Crippen LogP contribution >= 0.6 is 0 Å². The maximum Gasteiger partial charge on any atom is 0.240 e. The van der Waals surface area contributed by atoms with Gasteiger partial charge in [0.1, 0.15) is 19.3 Å². The number of hydrogen-bond acceptors (Lipinski definition) is 6. The van der Waals surface area contributed by atoms with Crippen molar-refractivity contribution in [1.29, 1.82) is 0 Å². The van der Waals surface area contributed by atoms with Gasteiger partial charge in [-0.1, -0.05) is 6.07 Å². The number of rotatable bonds is 5. The third kappa shape index (κ3) is 4.39. The molecule has 150 valence electrons. The van der Waals surface area contributed by atoms with Gasteiger partial charge in [0.05, 0.1) is 4.90 Å². The van der Waals surface area contributed by atoms with Crippen molar-refractivity contribution in [1.82, 2.24) is 9.71 Å².